The van der Waals surface area contributed by atoms with Crippen LogP contribution in [0.1, 0.15) is 24.0 Å². The highest BCUT2D eigenvalue weighted by Crippen LogP contribution is 2.21. The van der Waals surface area contributed by atoms with Gasteiger partial charge >= 0.3 is 5.97 Å². The van der Waals surface area contributed by atoms with Gasteiger partial charge in [-0.05, 0) is 43.9 Å². The molecule has 1 aliphatic rings. The molecule has 120 valence electrons. The standard InChI is InChI=1S/C17H23NO4/c1-12-6-4-8-15(13(12)2)22-11-16(19)18-9-5-7-14(10-18)17(20)21-3/h4,6,8,14H,5,7,9-11H2,1-3H3. The van der Waals surface area contributed by atoms with Crippen molar-refractivity contribution >= 4 is 11.9 Å². The maximum absolute atomic E-state index is 12.3. The SMILES string of the molecule is COC(=O)C1CCCN(C(=O)COc2cccc(C)c2C)C1. The lowest BCUT2D eigenvalue weighted by Gasteiger charge is -2.31. The van der Waals surface area contributed by atoms with E-state index in [1.165, 1.54) is 7.11 Å². The fraction of sp³-hybridized carbons (Fsp3) is 0.529. The summed E-state index contributed by atoms with van der Waals surface area (Å²) in [5, 5.41) is 0. The van der Waals surface area contributed by atoms with Gasteiger partial charge in [0.25, 0.3) is 5.91 Å². The zero-order chi connectivity index (χ0) is 16.1. The van der Waals surface area contributed by atoms with Crippen molar-refractivity contribution in [1.29, 1.82) is 0 Å². The summed E-state index contributed by atoms with van der Waals surface area (Å²) in [6.45, 7) is 5.07. The van der Waals surface area contributed by atoms with E-state index < -0.39 is 0 Å². The first-order valence-corrected chi connectivity index (χ1v) is 7.57. The molecule has 0 bridgehead atoms. The number of benzene rings is 1. The van der Waals surface area contributed by atoms with Gasteiger partial charge in [0, 0.05) is 13.1 Å². The number of amides is 1. The maximum Gasteiger partial charge on any atom is 0.310 e. The van der Waals surface area contributed by atoms with Crippen molar-refractivity contribution in [1.82, 2.24) is 4.90 Å². The molecule has 0 spiro atoms. The van der Waals surface area contributed by atoms with Crippen LogP contribution in [0.15, 0.2) is 18.2 Å². The van der Waals surface area contributed by atoms with Crippen LogP contribution in [0.4, 0.5) is 0 Å². The fourth-order valence-corrected chi connectivity index (χ4v) is 2.67. The molecule has 1 fully saturated rings. The van der Waals surface area contributed by atoms with Crippen LogP contribution < -0.4 is 4.74 Å². The third-order valence-electron chi connectivity index (χ3n) is 4.21. The minimum absolute atomic E-state index is 0.00180. The molecule has 1 heterocycles. The molecule has 0 saturated carbocycles. The van der Waals surface area contributed by atoms with Crippen LogP contribution in [-0.4, -0.2) is 43.6 Å². The second-order valence-electron chi connectivity index (χ2n) is 5.69. The lowest BCUT2D eigenvalue weighted by Crippen LogP contribution is -2.44. The zero-order valence-electron chi connectivity index (χ0n) is 13.4. The van der Waals surface area contributed by atoms with Gasteiger partial charge in [0.15, 0.2) is 6.61 Å². The van der Waals surface area contributed by atoms with Crippen molar-refractivity contribution in [2.75, 3.05) is 26.8 Å². The molecule has 0 N–H and O–H groups in total. The molecule has 5 nitrogen and oxygen atoms in total. The van der Waals surface area contributed by atoms with Gasteiger partial charge in [-0.3, -0.25) is 9.59 Å². The molecule has 0 aromatic heterocycles. The molecule has 1 unspecified atom stereocenters. The summed E-state index contributed by atoms with van der Waals surface area (Å²) in [5.41, 5.74) is 2.18. The topological polar surface area (TPSA) is 55.8 Å². The van der Waals surface area contributed by atoms with E-state index in [1.807, 2.05) is 32.0 Å². The summed E-state index contributed by atoms with van der Waals surface area (Å²) in [6, 6.07) is 5.79. The minimum Gasteiger partial charge on any atom is -0.483 e. The third-order valence-corrected chi connectivity index (χ3v) is 4.21. The summed E-state index contributed by atoms with van der Waals surface area (Å²) in [5.74, 6) is 0.181. The average Bonchev–Trinajstić information content (AvgIpc) is 2.55. The van der Waals surface area contributed by atoms with Crippen LogP contribution >= 0.6 is 0 Å². The number of likely N-dealkylation sites (tertiary alicyclic amines) is 1. The van der Waals surface area contributed by atoms with E-state index in [1.54, 1.807) is 4.90 Å². The van der Waals surface area contributed by atoms with Crippen molar-refractivity contribution in [3.63, 3.8) is 0 Å². The Balaban J connectivity index is 1.92. The van der Waals surface area contributed by atoms with Crippen LogP contribution in [0.25, 0.3) is 0 Å². The molecule has 0 aliphatic carbocycles. The van der Waals surface area contributed by atoms with Crippen LogP contribution in [0.5, 0.6) is 5.75 Å². The van der Waals surface area contributed by atoms with E-state index in [2.05, 4.69) is 0 Å². The van der Waals surface area contributed by atoms with Gasteiger partial charge in [-0.15, -0.1) is 0 Å². The van der Waals surface area contributed by atoms with E-state index in [0.717, 1.165) is 29.7 Å². The number of rotatable bonds is 4. The Morgan fingerprint density at radius 1 is 1.32 bits per heavy atom. The summed E-state index contributed by atoms with van der Waals surface area (Å²) in [7, 11) is 1.38. The Bertz CT molecular complexity index is 556. The smallest absolute Gasteiger partial charge is 0.310 e. The quantitative estimate of drug-likeness (QED) is 0.799. The summed E-state index contributed by atoms with van der Waals surface area (Å²) in [4.78, 5) is 25.6. The number of hydrogen-bond donors (Lipinski definition) is 0. The van der Waals surface area contributed by atoms with Crippen LogP contribution in [0.2, 0.25) is 0 Å². The summed E-state index contributed by atoms with van der Waals surface area (Å²) >= 11 is 0. The Kier molecular flexibility index (Phi) is 5.41. The molecule has 1 aromatic carbocycles. The number of carbonyl (C=O) groups excluding carboxylic acids is 2. The average molecular weight is 305 g/mol. The molecule has 1 saturated heterocycles. The molecule has 1 atom stereocenters. The van der Waals surface area contributed by atoms with Gasteiger partial charge < -0.3 is 14.4 Å². The number of methoxy groups -OCH3 is 1. The first-order valence-electron chi connectivity index (χ1n) is 7.57. The molecule has 2 rings (SSSR count). The zero-order valence-corrected chi connectivity index (χ0v) is 13.4. The van der Waals surface area contributed by atoms with E-state index in [4.69, 9.17) is 9.47 Å². The number of nitrogens with zero attached hydrogens (tertiary/aromatic N) is 1. The van der Waals surface area contributed by atoms with E-state index in [9.17, 15) is 9.59 Å². The fourth-order valence-electron chi connectivity index (χ4n) is 2.67. The predicted molar refractivity (Wildman–Crippen MR) is 82.7 cm³/mol. The minimum atomic E-state index is -0.243. The Hall–Kier alpha value is -2.04. The normalized spacial score (nSPS) is 18.0. The first-order chi connectivity index (χ1) is 10.5. The second kappa shape index (κ2) is 7.29. The van der Waals surface area contributed by atoms with E-state index >= 15 is 0 Å². The number of aryl methyl sites for hydroxylation is 1. The monoisotopic (exact) mass is 305 g/mol. The molecule has 1 amide bonds. The van der Waals surface area contributed by atoms with E-state index in [-0.39, 0.29) is 24.4 Å². The maximum atomic E-state index is 12.3. The van der Waals surface area contributed by atoms with Gasteiger partial charge in [0.1, 0.15) is 5.75 Å². The highest BCUT2D eigenvalue weighted by atomic mass is 16.5. The van der Waals surface area contributed by atoms with Crippen molar-refractivity contribution < 1.29 is 19.1 Å². The molecule has 1 aromatic rings. The van der Waals surface area contributed by atoms with Gasteiger partial charge in [-0.1, -0.05) is 12.1 Å². The summed E-state index contributed by atoms with van der Waals surface area (Å²) in [6.07, 6.45) is 1.59. The number of hydrogen-bond acceptors (Lipinski definition) is 4. The third kappa shape index (κ3) is 3.78. The molecular weight excluding hydrogens is 282 g/mol. The number of carbonyl (C=O) groups is 2. The highest BCUT2D eigenvalue weighted by Gasteiger charge is 2.29. The number of ether oxygens (including phenoxy) is 2. The largest absolute Gasteiger partial charge is 0.483 e. The van der Waals surface area contributed by atoms with Crippen LogP contribution in [0.3, 0.4) is 0 Å². The lowest BCUT2D eigenvalue weighted by molar-refractivity contribution is -0.149. The van der Waals surface area contributed by atoms with Gasteiger partial charge in [0.2, 0.25) is 0 Å². The van der Waals surface area contributed by atoms with Gasteiger partial charge in [-0.25, -0.2) is 0 Å². The molecular formula is C17H23NO4. The van der Waals surface area contributed by atoms with Crippen molar-refractivity contribution in [2.24, 2.45) is 5.92 Å². The Morgan fingerprint density at radius 3 is 2.82 bits per heavy atom. The molecule has 0 radical (unpaired) electrons. The lowest BCUT2D eigenvalue weighted by atomic mass is 9.98. The highest BCUT2D eigenvalue weighted by molar-refractivity contribution is 5.79. The summed E-state index contributed by atoms with van der Waals surface area (Å²) < 4.78 is 10.4. The molecule has 1 aliphatic heterocycles. The van der Waals surface area contributed by atoms with Gasteiger partial charge in [-0.2, -0.15) is 0 Å². The molecule has 22 heavy (non-hydrogen) atoms. The molecule has 5 heteroatoms. The van der Waals surface area contributed by atoms with Crippen molar-refractivity contribution in [3.8, 4) is 5.75 Å². The van der Waals surface area contributed by atoms with Crippen LogP contribution in [-0.2, 0) is 14.3 Å². The number of esters is 1. The van der Waals surface area contributed by atoms with Gasteiger partial charge in [0.05, 0.1) is 13.0 Å². The van der Waals surface area contributed by atoms with Crippen molar-refractivity contribution in [2.45, 2.75) is 26.7 Å². The second-order valence-corrected chi connectivity index (χ2v) is 5.69. The first kappa shape index (κ1) is 16.3. The predicted octanol–water partition coefficient (Wildman–Crippen LogP) is 2.09. The Labute approximate surface area is 131 Å². The number of piperidine rings is 1. The van der Waals surface area contributed by atoms with Crippen molar-refractivity contribution in [3.05, 3.63) is 29.3 Å². The Morgan fingerprint density at radius 2 is 2.09 bits per heavy atom. The van der Waals surface area contributed by atoms with Crippen LogP contribution in [0, 0.1) is 19.8 Å². The van der Waals surface area contributed by atoms with E-state index in [0.29, 0.717) is 13.1 Å².